The van der Waals surface area contributed by atoms with Crippen LogP contribution in [0.2, 0.25) is 0 Å². The molecule has 10 nitrogen and oxygen atoms in total. The number of benzene rings is 1. The molecule has 8 aliphatic carbocycles. The molecule has 11 aliphatic rings. The van der Waals surface area contributed by atoms with Crippen LogP contribution in [-0.2, 0) is 38.4 Å². The molecule has 3 aromatic heterocycles. The van der Waals surface area contributed by atoms with E-state index in [1.807, 2.05) is 0 Å². The van der Waals surface area contributed by atoms with Crippen LogP contribution in [-0.4, -0.2) is 87.0 Å². The first kappa shape index (κ1) is 53.9. The summed E-state index contributed by atoms with van der Waals surface area (Å²) in [5.74, 6) is 2.10. The Hall–Kier alpha value is -3.80. The number of nitrogens with one attached hydrogen (secondary N) is 3. The Morgan fingerprint density at radius 1 is 0.852 bits per heavy atom. The van der Waals surface area contributed by atoms with Crippen molar-refractivity contribution in [2.45, 2.75) is 231 Å². The van der Waals surface area contributed by atoms with Gasteiger partial charge in [0.1, 0.15) is 11.9 Å². The van der Waals surface area contributed by atoms with Crippen molar-refractivity contribution >= 4 is 22.6 Å². The monoisotopic (exact) mass is 1100 g/mol. The first-order valence-electron chi connectivity index (χ1n) is 32.9. The van der Waals surface area contributed by atoms with Gasteiger partial charge < -0.3 is 39.5 Å². The maximum absolute atomic E-state index is 16.5. The molecule has 1 aromatic carbocycles. The Kier molecular flexibility index (Phi) is 12.4. The van der Waals surface area contributed by atoms with Crippen LogP contribution < -0.4 is 5.32 Å². The second-order valence-electron chi connectivity index (χ2n) is 31.2. The highest BCUT2D eigenvalue weighted by Crippen LogP contribution is 2.85. The number of aliphatic hydroxyl groups excluding tert-OH is 2. The second-order valence-corrected chi connectivity index (χ2v) is 31.2. The summed E-state index contributed by atoms with van der Waals surface area (Å²) in [6.45, 7) is 19.6. The predicted octanol–water partition coefficient (Wildman–Crippen LogP) is 13.3. The van der Waals surface area contributed by atoms with Crippen LogP contribution >= 0.6 is 0 Å². The van der Waals surface area contributed by atoms with Crippen LogP contribution in [0.15, 0.2) is 54.0 Å². The molecule has 0 amide bonds. The summed E-state index contributed by atoms with van der Waals surface area (Å²) < 4.78 is 14.7. The lowest BCUT2D eigenvalue weighted by atomic mass is 9.27. The Balaban J connectivity index is 0.917. The van der Waals surface area contributed by atoms with Crippen LogP contribution in [0.1, 0.15) is 227 Å². The van der Waals surface area contributed by atoms with Crippen molar-refractivity contribution in [2.75, 3.05) is 26.8 Å². The number of hydrogen-bond acceptors (Lipinski definition) is 7. The molecule has 8 fully saturated rings. The number of aromatic nitrogens is 3. The molecule has 5 N–H and O–H groups in total. The lowest BCUT2D eigenvalue weighted by molar-refractivity contribution is -0.271. The minimum absolute atomic E-state index is 0.100. The van der Waals surface area contributed by atoms with E-state index in [9.17, 15) is 10.2 Å². The van der Waals surface area contributed by atoms with Gasteiger partial charge in [-0.2, -0.15) is 0 Å². The zero-order valence-corrected chi connectivity index (χ0v) is 50.4. The molecule has 436 valence electrons. The summed E-state index contributed by atoms with van der Waals surface area (Å²) in [5.41, 5.74) is 10.5. The smallest absolute Gasteiger partial charge is 0.160 e. The zero-order chi connectivity index (χ0) is 56.0. The molecule has 6 heterocycles. The van der Waals surface area contributed by atoms with Gasteiger partial charge >= 0.3 is 0 Å². The molecule has 10 heteroatoms. The fraction of sp³-hybridized carbons (Fsp3) is 0.718. The number of carbonyl (C=O) groups excluding carboxylic acids is 2. The average Bonchev–Trinajstić information content (AvgIpc) is 1.79. The largest absolute Gasteiger partial charge is 0.392 e. The van der Waals surface area contributed by atoms with Crippen molar-refractivity contribution in [3.63, 3.8) is 0 Å². The van der Waals surface area contributed by atoms with Crippen molar-refractivity contribution < 1.29 is 29.3 Å². The number of hydrogen-bond donors (Lipinski definition) is 5. The summed E-state index contributed by atoms with van der Waals surface area (Å²) >= 11 is 0. The number of H-pyrrole nitrogens is 2. The topological polar surface area (TPSA) is 145 Å². The Morgan fingerprint density at radius 2 is 1.57 bits per heavy atom. The van der Waals surface area contributed by atoms with Crippen molar-refractivity contribution in [3.05, 3.63) is 93.1 Å². The lowest BCUT2D eigenvalue weighted by Gasteiger charge is -2.76. The maximum Gasteiger partial charge on any atom is 0.160 e. The van der Waals surface area contributed by atoms with E-state index in [1.54, 1.807) is 0 Å². The average molecular weight is 1100 g/mol. The molecule has 15 atom stereocenters. The summed E-state index contributed by atoms with van der Waals surface area (Å²) in [7, 11) is 2.09. The minimum atomic E-state index is -0.783. The number of epoxide rings is 1. The highest BCUT2D eigenvalue weighted by atomic mass is 16.6. The van der Waals surface area contributed by atoms with Gasteiger partial charge in [0.2, 0.25) is 0 Å². The van der Waals surface area contributed by atoms with Gasteiger partial charge in [0.15, 0.2) is 5.78 Å². The van der Waals surface area contributed by atoms with E-state index in [1.165, 1.54) is 101 Å². The third-order valence-electron chi connectivity index (χ3n) is 27.2. The van der Waals surface area contributed by atoms with Gasteiger partial charge in [0, 0.05) is 85.1 Å². The second kappa shape index (κ2) is 18.6. The van der Waals surface area contributed by atoms with Gasteiger partial charge in [-0.1, -0.05) is 84.9 Å². The third-order valence-corrected chi connectivity index (χ3v) is 27.2. The number of fused-ring (bicyclic) bond motifs is 8. The molecular weight excluding hydrogens is 1000 g/mol. The summed E-state index contributed by atoms with van der Waals surface area (Å²) in [6.07, 6.45) is 25.0. The maximum atomic E-state index is 16.5. The minimum Gasteiger partial charge on any atom is -0.392 e. The van der Waals surface area contributed by atoms with Gasteiger partial charge in [-0.15, -0.1) is 0 Å². The summed E-state index contributed by atoms with van der Waals surface area (Å²) in [5, 5.41) is 30.8. The fourth-order valence-corrected chi connectivity index (χ4v) is 23.4. The number of allylic oxidation sites excluding steroid dienone is 1. The van der Waals surface area contributed by atoms with E-state index in [4.69, 9.17) is 9.47 Å². The van der Waals surface area contributed by atoms with Crippen LogP contribution in [0.5, 0.6) is 0 Å². The van der Waals surface area contributed by atoms with Crippen molar-refractivity contribution in [1.29, 1.82) is 0 Å². The fourth-order valence-electron chi connectivity index (χ4n) is 23.4. The zero-order valence-electron chi connectivity index (χ0n) is 50.4. The number of aliphatic hydroxyl groups is 2. The van der Waals surface area contributed by atoms with Crippen LogP contribution in [0, 0.1) is 62.1 Å². The molecule has 1 spiro atoms. The van der Waals surface area contributed by atoms with Gasteiger partial charge in [0.25, 0.3) is 0 Å². The first-order valence-corrected chi connectivity index (χ1v) is 32.9. The normalized spacial score (nSPS) is 41.5. The predicted molar refractivity (Wildman–Crippen MR) is 317 cm³/mol. The number of nitrogens with zero attached hydrogens (tertiary/aromatic N) is 1. The first-order chi connectivity index (χ1) is 38.8. The Bertz CT molecular complexity index is 3180. The van der Waals surface area contributed by atoms with Crippen LogP contribution in [0.3, 0.4) is 0 Å². The van der Waals surface area contributed by atoms with E-state index in [-0.39, 0.29) is 41.0 Å². The molecule has 2 bridgehead atoms. The van der Waals surface area contributed by atoms with Crippen molar-refractivity contribution in [1.82, 2.24) is 19.9 Å². The number of carbonyl (C=O) groups is 2. The van der Waals surface area contributed by atoms with E-state index in [0.717, 1.165) is 89.5 Å². The third kappa shape index (κ3) is 7.39. The van der Waals surface area contributed by atoms with Crippen LogP contribution in [0.25, 0.3) is 11.0 Å². The highest BCUT2D eigenvalue weighted by molar-refractivity contribution is 6.02. The Morgan fingerprint density at radius 3 is 2.28 bits per heavy atom. The van der Waals surface area contributed by atoms with Gasteiger partial charge in [-0.05, 0) is 213 Å². The Labute approximate surface area is 482 Å². The quantitative estimate of drug-likeness (QED) is 0.0995. The number of aromatic amines is 2. The molecule has 2 saturated heterocycles. The number of rotatable bonds is 10. The SMILES string of the molecule is CNC[C@H]1C[C@]23C[C@H]1c1[nH]ccc1[C@H]2C(=O)[C@@](C)(C1CCCC1)[C@@H]1CC[C@@]2(C)[C@H]([C@H](O)[C@H]4Cn5cc(Cc6cc(C7CCCCC7)cc(C7CCOCC7)c6)c6[nH]cc(c65)CC[C@@](C)(C[C@@H](O)[C@H]5OC5(C)C)C5=C4[C@]2(C)CC5=O)[C@@]13C. The molecule has 15 rings (SSSR count). The van der Waals surface area contributed by atoms with Gasteiger partial charge in [-0.25, -0.2) is 0 Å². The summed E-state index contributed by atoms with van der Waals surface area (Å²) in [4.78, 5) is 40.2. The molecule has 6 saturated carbocycles. The number of aryl methyl sites for hydroxylation is 1. The highest BCUT2D eigenvalue weighted by Gasteiger charge is 2.82. The van der Waals surface area contributed by atoms with Crippen molar-refractivity contribution in [3.8, 4) is 0 Å². The standard InChI is InChI=1S/C71H96N4O6/c1-65(2)64(81-65)53(77)34-66(3)23-18-43-37-74-58-46(30-40-28-44(41-14-10-9-11-15-41)31-45(29-40)42-21-26-80-27-22-42)38-75(60(43)58)39-51-55-57(66)52(76)35-68(55,5)67(4)24-19-54-69(6,48-16-12-13-17-48)63(79)56-49-20-25-73-59(49)50-33-71(56,32-47(50)36-72-8)70(54,7)62(67)61(51)78/h20,25,28-29,31,37-38,41-42,47-48,50-51,53-54,56,61-62,64,72-74,77-78H,9-19,21-24,26-27,30,32-36,39H2,1-8H3/t47-,50-,51+,53-,54+,56+,61-,62+,64-,66+,67+,68+,69+,70-,71+/m1/s1. The van der Waals surface area contributed by atoms with Crippen molar-refractivity contribution in [2.24, 2.45) is 62.1 Å². The number of ether oxygens (including phenoxy) is 2. The van der Waals surface area contributed by atoms with E-state index >= 15 is 9.59 Å². The molecule has 81 heavy (non-hydrogen) atoms. The molecule has 4 aromatic rings. The van der Waals surface area contributed by atoms with E-state index < -0.39 is 44.9 Å². The molecular formula is C71H96N4O6. The van der Waals surface area contributed by atoms with Gasteiger partial charge in [0.05, 0.1) is 34.8 Å². The van der Waals surface area contributed by atoms with E-state index in [2.05, 4.69) is 118 Å². The molecule has 3 aliphatic heterocycles. The van der Waals surface area contributed by atoms with Crippen LogP contribution in [0.4, 0.5) is 0 Å². The lowest BCUT2D eigenvalue weighted by Crippen LogP contribution is -2.74. The molecule has 0 unspecified atom stereocenters. The number of ketones is 2. The van der Waals surface area contributed by atoms with Gasteiger partial charge in [-0.3, -0.25) is 9.59 Å². The summed E-state index contributed by atoms with van der Waals surface area (Å²) in [6, 6.07) is 9.94. The molecule has 0 radical (unpaired) electrons. The van der Waals surface area contributed by atoms with E-state index in [0.29, 0.717) is 61.2 Å². The number of Topliss-reactive ketones (excluding diaryl/α,β-unsaturated/α-hetero) is 2.